The fourth-order valence-corrected chi connectivity index (χ4v) is 4.27. The number of aromatic nitrogens is 3. The second-order valence-electron chi connectivity index (χ2n) is 8.73. The molecule has 0 saturated carbocycles. The van der Waals surface area contributed by atoms with Crippen molar-refractivity contribution in [2.45, 2.75) is 27.0 Å². The summed E-state index contributed by atoms with van der Waals surface area (Å²) in [6.45, 7) is 7.53. The Morgan fingerprint density at radius 2 is 1.77 bits per heavy atom. The summed E-state index contributed by atoms with van der Waals surface area (Å²) in [6.07, 6.45) is 0. The first-order valence-electron chi connectivity index (χ1n) is 11.7. The van der Waals surface area contributed by atoms with Crippen LogP contribution >= 0.6 is 0 Å². The summed E-state index contributed by atoms with van der Waals surface area (Å²) in [7, 11) is 0. The monoisotopic (exact) mass is 472 g/mol. The van der Waals surface area contributed by atoms with Crippen LogP contribution in [-0.4, -0.2) is 57.0 Å². The minimum Gasteiger partial charge on any atom is -0.489 e. The largest absolute Gasteiger partial charge is 0.489 e. The van der Waals surface area contributed by atoms with Crippen molar-refractivity contribution in [1.29, 1.82) is 0 Å². The number of carbonyl (C=O) groups excluding carboxylic acids is 1. The number of nitrogen functional groups attached to an aromatic ring is 1. The minimum atomic E-state index is 0.0214. The van der Waals surface area contributed by atoms with Gasteiger partial charge in [0.2, 0.25) is 0 Å². The molecule has 4 aromatic rings. The van der Waals surface area contributed by atoms with Crippen molar-refractivity contribution in [3.63, 3.8) is 0 Å². The van der Waals surface area contributed by atoms with Gasteiger partial charge in [0.15, 0.2) is 0 Å². The van der Waals surface area contributed by atoms with E-state index in [0.29, 0.717) is 49.2 Å². The Bertz CT molecular complexity index is 1320. The standard InChI is InChI=1S/C26H28N6O3/c1-17-22(18(2)35-30-17)16-34-20-9-7-19(8-10-20)26(33)32-13-11-31(12-14-32)15-24-28-23-6-4-3-5-21(23)25(27)29-24/h3-10H,11-16H2,1-2H3,(H2,27,28,29). The Morgan fingerprint density at radius 1 is 1.03 bits per heavy atom. The zero-order chi connectivity index (χ0) is 24.4. The van der Waals surface area contributed by atoms with E-state index in [-0.39, 0.29) is 5.91 Å². The number of aryl methyl sites for hydroxylation is 2. The molecule has 9 nitrogen and oxygen atoms in total. The number of hydrogen-bond donors (Lipinski definition) is 1. The predicted octanol–water partition coefficient (Wildman–Crippen LogP) is 3.35. The molecule has 1 aliphatic heterocycles. The fraction of sp³-hybridized carbons (Fsp3) is 0.308. The molecule has 1 aliphatic rings. The zero-order valence-corrected chi connectivity index (χ0v) is 19.9. The number of fused-ring (bicyclic) bond motifs is 1. The molecule has 180 valence electrons. The van der Waals surface area contributed by atoms with Gasteiger partial charge in [-0.2, -0.15) is 0 Å². The van der Waals surface area contributed by atoms with E-state index in [2.05, 4.69) is 20.0 Å². The number of hydrogen-bond acceptors (Lipinski definition) is 8. The summed E-state index contributed by atoms with van der Waals surface area (Å²) in [6, 6.07) is 15.0. The lowest BCUT2D eigenvalue weighted by Crippen LogP contribution is -2.48. The predicted molar refractivity (Wildman–Crippen MR) is 132 cm³/mol. The lowest BCUT2D eigenvalue weighted by Gasteiger charge is -2.34. The molecule has 1 saturated heterocycles. The molecule has 0 spiro atoms. The Balaban J connectivity index is 1.15. The number of benzene rings is 2. The van der Waals surface area contributed by atoms with Crippen LogP contribution in [0.15, 0.2) is 53.1 Å². The maximum absolute atomic E-state index is 13.0. The maximum atomic E-state index is 13.0. The highest BCUT2D eigenvalue weighted by atomic mass is 16.5. The lowest BCUT2D eigenvalue weighted by atomic mass is 10.1. The highest BCUT2D eigenvalue weighted by molar-refractivity contribution is 5.94. The van der Waals surface area contributed by atoms with Crippen molar-refractivity contribution in [2.24, 2.45) is 0 Å². The van der Waals surface area contributed by atoms with E-state index in [1.165, 1.54) is 0 Å². The molecule has 2 aromatic carbocycles. The molecule has 9 heteroatoms. The number of para-hydroxylation sites is 1. The van der Waals surface area contributed by atoms with Crippen LogP contribution in [-0.2, 0) is 13.2 Å². The first-order chi connectivity index (χ1) is 17.0. The summed E-state index contributed by atoms with van der Waals surface area (Å²) in [5.74, 6) is 2.67. The molecular weight excluding hydrogens is 444 g/mol. The molecular formula is C26H28N6O3. The quantitative estimate of drug-likeness (QED) is 0.455. The molecule has 5 rings (SSSR count). The van der Waals surface area contributed by atoms with Crippen LogP contribution in [0, 0.1) is 13.8 Å². The van der Waals surface area contributed by atoms with Gasteiger partial charge in [-0.15, -0.1) is 0 Å². The fourth-order valence-electron chi connectivity index (χ4n) is 4.27. The van der Waals surface area contributed by atoms with Gasteiger partial charge in [0.1, 0.15) is 29.8 Å². The van der Waals surface area contributed by atoms with E-state index in [0.717, 1.165) is 41.0 Å². The molecule has 3 heterocycles. The summed E-state index contributed by atoms with van der Waals surface area (Å²) < 4.78 is 11.0. The van der Waals surface area contributed by atoms with E-state index in [4.69, 9.17) is 15.0 Å². The first-order valence-corrected chi connectivity index (χ1v) is 11.7. The van der Waals surface area contributed by atoms with Gasteiger partial charge in [0, 0.05) is 37.1 Å². The number of carbonyl (C=O) groups is 1. The molecule has 0 aliphatic carbocycles. The third-order valence-corrected chi connectivity index (χ3v) is 6.37. The number of amides is 1. The minimum absolute atomic E-state index is 0.0214. The molecule has 2 aromatic heterocycles. The Labute approximate surface area is 203 Å². The van der Waals surface area contributed by atoms with Crippen molar-refractivity contribution >= 4 is 22.6 Å². The van der Waals surface area contributed by atoms with Gasteiger partial charge in [0.05, 0.1) is 23.3 Å². The van der Waals surface area contributed by atoms with Crippen LogP contribution < -0.4 is 10.5 Å². The van der Waals surface area contributed by atoms with Crippen molar-refractivity contribution in [3.05, 3.63) is 76.9 Å². The number of nitrogens with two attached hydrogens (primary N) is 1. The highest BCUT2D eigenvalue weighted by Gasteiger charge is 2.23. The SMILES string of the molecule is Cc1noc(C)c1COc1ccc(C(=O)N2CCN(Cc3nc(N)c4ccccc4n3)CC2)cc1. The number of rotatable bonds is 6. The third-order valence-electron chi connectivity index (χ3n) is 6.37. The van der Waals surface area contributed by atoms with E-state index in [1.54, 1.807) is 0 Å². The summed E-state index contributed by atoms with van der Waals surface area (Å²) >= 11 is 0. The summed E-state index contributed by atoms with van der Waals surface area (Å²) in [5.41, 5.74) is 9.38. The van der Waals surface area contributed by atoms with Crippen LogP contribution in [0.5, 0.6) is 5.75 Å². The smallest absolute Gasteiger partial charge is 0.253 e. The van der Waals surface area contributed by atoms with Gasteiger partial charge >= 0.3 is 0 Å². The van der Waals surface area contributed by atoms with Crippen molar-refractivity contribution < 1.29 is 14.1 Å². The number of nitrogens with zero attached hydrogens (tertiary/aromatic N) is 5. The molecule has 1 fully saturated rings. The molecule has 0 radical (unpaired) electrons. The Morgan fingerprint density at radius 3 is 2.49 bits per heavy atom. The number of ether oxygens (including phenoxy) is 1. The van der Waals surface area contributed by atoms with E-state index in [9.17, 15) is 4.79 Å². The summed E-state index contributed by atoms with van der Waals surface area (Å²) in [4.78, 5) is 26.3. The number of piperazine rings is 1. The van der Waals surface area contributed by atoms with Crippen LogP contribution in [0.25, 0.3) is 10.9 Å². The Hall–Kier alpha value is -3.98. The van der Waals surface area contributed by atoms with Crippen LogP contribution in [0.2, 0.25) is 0 Å². The second-order valence-corrected chi connectivity index (χ2v) is 8.73. The zero-order valence-electron chi connectivity index (χ0n) is 19.9. The Kier molecular flexibility index (Phi) is 6.33. The molecule has 1 amide bonds. The molecule has 2 N–H and O–H groups in total. The van der Waals surface area contributed by atoms with Gasteiger partial charge in [-0.1, -0.05) is 17.3 Å². The van der Waals surface area contributed by atoms with E-state index >= 15 is 0 Å². The average molecular weight is 473 g/mol. The van der Waals surface area contributed by atoms with Crippen LogP contribution in [0.4, 0.5) is 5.82 Å². The van der Waals surface area contributed by atoms with Gasteiger partial charge in [-0.25, -0.2) is 9.97 Å². The number of anilines is 1. The van der Waals surface area contributed by atoms with E-state index < -0.39 is 0 Å². The van der Waals surface area contributed by atoms with Gasteiger partial charge < -0.3 is 19.9 Å². The van der Waals surface area contributed by atoms with Crippen molar-refractivity contribution in [2.75, 3.05) is 31.9 Å². The van der Waals surface area contributed by atoms with Gasteiger partial charge in [-0.05, 0) is 50.2 Å². The van der Waals surface area contributed by atoms with Crippen molar-refractivity contribution in [1.82, 2.24) is 24.9 Å². The van der Waals surface area contributed by atoms with Gasteiger partial charge in [-0.3, -0.25) is 9.69 Å². The topological polar surface area (TPSA) is 111 Å². The maximum Gasteiger partial charge on any atom is 0.253 e. The normalized spacial score (nSPS) is 14.4. The van der Waals surface area contributed by atoms with Crippen LogP contribution in [0.1, 0.15) is 33.2 Å². The van der Waals surface area contributed by atoms with Crippen molar-refractivity contribution in [3.8, 4) is 5.75 Å². The third kappa shape index (κ3) is 4.95. The average Bonchev–Trinajstić information content (AvgIpc) is 3.20. The summed E-state index contributed by atoms with van der Waals surface area (Å²) in [5, 5.41) is 4.81. The van der Waals surface area contributed by atoms with Gasteiger partial charge in [0.25, 0.3) is 5.91 Å². The lowest BCUT2D eigenvalue weighted by molar-refractivity contribution is 0.0625. The second kappa shape index (κ2) is 9.71. The van der Waals surface area contributed by atoms with E-state index in [1.807, 2.05) is 67.3 Å². The molecule has 0 bridgehead atoms. The van der Waals surface area contributed by atoms with Crippen LogP contribution in [0.3, 0.4) is 0 Å². The highest BCUT2D eigenvalue weighted by Crippen LogP contribution is 2.20. The molecule has 0 unspecified atom stereocenters. The molecule has 0 atom stereocenters. The molecule has 35 heavy (non-hydrogen) atoms. The first kappa shape index (κ1) is 22.8.